The molecule has 4 unspecified atom stereocenters. The molecule has 1 N–H and O–H groups in total. The lowest BCUT2D eigenvalue weighted by Crippen LogP contribution is -2.29. The standard InChI is InChI=1S/C13H20N4/c1-9(13-16-15-8-17(13)2)14-7-12-6-10-3-4-11(12)5-10/h3-4,8-12,14H,5-7H2,1-2H3. The van der Waals surface area contributed by atoms with Crippen LogP contribution >= 0.6 is 0 Å². The Morgan fingerprint density at radius 3 is 2.94 bits per heavy atom. The highest BCUT2D eigenvalue weighted by atomic mass is 15.3. The predicted molar refractivity (Wildman–Crippen MR) is 66.3 cm³/mol. The lowest BCUT2D eigenvalue weighted by Gasteiger charge is -2.21. The normalized spacial score (nSPS) is 32.2. The first kappa shape index (κ1) is 11.0. The highest BCUT2D eigenvalue weighted by Gasteiger charge is 2.35. The molecule has 2 bridgehead atoms. The van der Waals surface area contributed by atoms with E-state index in [1.807, 2.05) is 11.6 Å². The van der Waals surface area contributed by atoms with Crippen LogP contribution in [0.15, 0.2) is 18.5 Å². The average Bonchev–Trinajstić information content (AvgIpc) is 3.01. The fourth-order valence-electron chi connectivity index (χ4n) is 3.23. The van der Waals surface area contributed by atoms with Gasteiger partial charge in [0.2, 0.25) is 0 Å². The summed E-state index contributed by atoms with van der Waals surface area (Å²) in [6.45, 7) is 3.26. The van der Waals surface area contributed by atoms with Crippen molar-refractivity contribution in [2.45, 2.75) is 25.8 Å². The minimum absolute atomic E-state index is 0.283. The number of nitrogens with one attached hydrogen (secondary N) is 1. The molecule has 0 spiro atoms. The van der Waals surface area contributed by atoms with Crippen LogP contribution in [0.25, 0.3) is 0 Å². The van der Waals surface area contributed by atoms with Gasteiger partial charge < -0.3 is 9.88 Å². The molecule has 3 rings (SSSR count). The smallest absolute Gasteiger partial charge is 0.149 e. The monoisotopic (exact) mass is 232 g/mol. The Hall–Kier alpha value is -1.16. The quantitative estimate of drug-likeness (QED) is 0.803. The fraction of sp³-hybridized carbons (Fsp3) is 0.692. The van der Waals surface area contributed by atoms with Crippen molar-refractivity contribution in [1.82, 2.24) is 20.1 Å². The Morgan fingerprint density at radius 2 is 2.35 bits per heavy atom. The van der Waals surface area contributed by atoms with Crippen molar-refractivity contribution in [3.05, 3.63) is 24.3 Å². The second-order valence-corrected chi connectivity index (χ2v) is 5.47. The molecule has 1 saturated carbocycles. The van der Waals surface area contributed by atoms with Crippen LogP contribution in [0.5, 0.6) is 0 Å². The van der Waals surface area contributed by atoms with Gasteiger partial charge in [-0.15, -0.1) is 10.2 Å². The SMILES string of the molecule is CC(NCC1CC2C=CC1C2)c1nncn1C. The highest BCUT2D eigenvalue weighted by molar-refractivity contribution is 5.10. The van der Waals surface area contributed by atoms with Gasteiger partial charge in [-0.3, -0.25) is 0 Å². The van der Waals surface area contributed by atoms with Crippen LogP contribution in [0.4, 0.5) is 0 Å². The van der Waals surface area contributed by atoms with E-state index in [1.165, 1.54) is 12.8 Å². The first-order chi connectivity index (χ1) is 8.24. The zero-order valence-corrected chi connectivity index (χ0v) is 10.5. The Kier molecular flexibility index (Phi) is 2.74. The Labute approximate surface area is 102 Å². The van der Waals surface area contributed by atoms with Crippen LogP contribution in [-0.4, -0.2) is 21.3 Å². The zero-order valence-electron chi connectivity index (χ0n) is 10.5. The van der Waals surface area contributed by atoms with Gasteiger partial charge in [0.15, 0.2) is 0 Å². The van der Waals surface area contributed by atoms with Gasteiger partial charge >= 0.3 is 0 Å². The molecule has 17 heavy (non-hydrogen) atoms. The molecule has 0 aliphatic heterocycles. The number of hydrogen-bond acceptors (Lipinski definition) is 3. The summed E-state index contributed by atoms with van der Waals surface area (Å²) in [5.41, 5.74) is 0. The van der Waals surface area contributed by atoms with Gasteiger partial charge in [0.05, 0.1) is 6.04 Å². The van der Waals surface area contributed by atoms with Crippen molar-refractivity contribution in [2.24, 2.45) is 24.8 Å². The molecule has 0 amide bonds. The predicted octanol–water partition coefficient (Wildman–Crippen LogP) is 1.68. The molecular weight excluding hydrogens is 212 g/mol. The molecule has 4 nitrogen and oxygen atoms in total. The number of nitrogens with zero attached hydrogens (tertiary/aromatic N) is 3. The Morgan fingerprint density at radius 1 is 1.47 bits per heavy atom. The van der Waals surface area contributed by atoms with Crippen molar-refractivity contribution >= 4 is 0 Å². The minimum Gasteiger partial charge on any atom is -0.319 e. The maximum absolute atomic E-state index is 4.15. The van der Waals surface area contributed by atoms with Crippen molar-refractivity contribution in [1.29, 1.82) is 0 Å². The third kappa shape index (κ3) is 2.02. The van der Waals surface area contributed by atoms with Crippen molar-refractivity contribution in [3.8, 4) is 0 Å². The Bertz CT molecular complexity index is 423. The number of fused-ring (bicyclic) bond motifs is 2. The summed E-state index contributed by atoms with van der Waals surface area (Å²) in [7, 11) is 1.99. The fourth-order valence-corrected chi connectivity index (χ4v) is 3.23. The summed E-state index contributed by atoms with van der Waals surface area (Å²) in [6.07, 6.45) is 9.30. The van der Waals surface area contributed by atoms with Gasteiger partial charge in [-0.25, -0.2) is 0 Å². The second kappa shape index (κ2) is 4.26. The van der Waals surface area contributed by atoms with Gasteiger partial charge in [-0.1, -0.05) is 12.2 Å². The summed E-state index contributed by atoms with van der Waals surface area (Å²) in [6, 6.07) is 0.283. The van der Waals surface area contributed by atoms with Crippen LogP contribution in [0, 0.1) is 17.8 Å². The van der Waals surface area contributed by atoms with E-state index in [1.54, 1.807) is 6.33 Å². The molecule has 1 fully saturated rings. The van der Waals surface area contributed by atoms with E-state index in [2.05, 4.69) is 34.6 Å². The van der Waals surface area contributed by atoms with Gasteiger partial charge in [-0.2, -0.15) is 0 Å². The van der Waals surface area contributed by atoms with Crippen LogP contribution in [-0.2, 0) is 7.05 Å². The van der Waals surface area contributed by atoms with Crippen LogP contribution in [0.1, 0.15) is 31.6 Å². The molecular formula is C13H20N4. The third-order valence-corrected chi connectivity index (χ3v) is 4.24. The minimum atomic E-state index is 0.283. The van der Waals surface area contributed by atoms with E-state index >= 15 is 0 Å². The average molecular weight is 232 g/mol. The molecule has 0 aromatic carbocycles. The molecule has 1 heterocycles. The topological polar surface area (TPSA) is 42.7 Å². The molecule has 1 aromatic rings. The molecule has 2 aliphatic carbocycles. The molecule has 0 saturated heterocycles. The number of aryl methyl sites for hydroxylation is 1. The van der Waals surface area contributed by atoms with E-state index in [-0.39, 0.29) is 6.04 Å². The van der Waals surface area contributed by atoms with Gasteiger partial charge in [0.25, 0.3) is 0 Å². The van der Waals surface area contributed by atoms with E-state index in [4.69, 9.17) is 0 Å². The van der Waals surface area contributed by atoms with E-state index in [9.17, 15) is 0 Å². The van der Waals surface area contributed by atoms with Crippen molar-refractivity contribution in [2.75, 3.05) is 6.54 Å². The van der Waals surface area contributed by atoms with Gasteiger partial charge in [0.1, 0.15) is 12.2 Å². The molecule has 2 aliphatic rings. The number of hydrogen-bond donors (Lipinski definition) is 1. The second-order valence-electron chi connectivity index (χ2n) is 5.47. The first-order valence-corrected chi connectivity index (χ1v) is 6.49. The molecule has 92 valence electrons. The zero-order chi connectivity index (χ0) is 11.8. The van der Waals surface area contributed by atoms with Crippen LogP contribution < -0.4 is 5.32 Å². The summed E-state index contributed by atoms with van der Waals surface area (Å²) < 4.78 is 1.98. The largest absolute Gasteiger partial charge is 0.319 e. The lowest BCUT2D eigenvalue weighted by molar-refractivity contribution is 0.385. The summed E-state index contributed by atoms with van der Waals surface area (Å²) in [5.74, 6) is 3.51. The molecule has 1 aromatic heterocycles. The maximum atomic E-state index is 4.15. The van der Waals surface area contributed by atoms with E-state index in [0.717, 1.165) is 30.1 Å². The van der Waals surface area contributed by atoms with Crippen molar-refractivity contribution in [3.63, 3.8) is 0 Å². The number of rotatable bonds is 4. The molecule has 4 atom stereocenters. The Balaban J connectivity index is 1.55. The van der Waals surface area contributed by atoms with Gasteiger partial charge in [-0.05, 0) is 44.1 Å². The first-order valence-electron chi connectivity index (χ1n) is 6.49. The summed E-state index contributed by atoms with van der Waals surface area (Å²) in [5, 5.41) is 11.7. The van der Waals surface area contributed by atoms with Gasteiger partial charge in [0, 0.05) is 7.05 Å². The van der Waals surface area contributed by atoms with E-state index in [0.29, 0.717) is 0 Å². The van der Waals surface area contributed by atoms with Crippen LogP contribution in [0.2, 0.25) is 0 Å². The third-order valence-electron chi connectivity index (χ3n) is 4.24. The van der Waals surface area contributed by atoms with E-state index < -0.39 is 0 Å². The number of allylic oxidation sites excluding steroid dienone is 2. The van der Waals surface area contributed by atoms with Crippen LogP contribution in [0.3, 0.4) is 0 Å². The molecule has 0 radical (unpaired) electrons. The molecule has 4 heteroatoms. The summed E-state index contributed by atoms with van der Waals surface area (Å²) >= 11 is 0. The summed E-state index contributed by atoms with van der Waals surface area (Å²) in [4.78, 5) is 0. The van der Waals surface area contributed by atoms with Crippen molar-refractivity contribution < 1.29 is 0 Å². The highest BCUT2D eigenvalue weighted by Crippen LogP contribution is 2.43. The number of aromatic nitrogens is 3. The maximum Gasteiger partial charge on any atom is 0.149 e. The lowest BCUT2D eigenvalue weighted by atomic mass is 9.93.